The average Bonchev–Trinajstić information content (AvgIpc) is 3.14. The zero-order valence-corrected chi connectivity index (χ0v) is 17.5. The lowest BCUT2D eigenvalue weighted by atomic mass is 10.1. The van der Waals surface area contributed by atoms with Crippen molar-refractivity contribution in [3.8, 4) is 22.8 Å². The predicted octanol–water partition coefficient (Wildman–Crippen LogP) is 0.656. The first-order chi connectivity index (χ1) is 15.1. The maximum atomic E-state index is 12.5. The van der Waals surface area contributed by atoms with E-state index in [1.807, 2.05) is 0 Å². The molecule has 0 bridgehead atoms. The number of hydrogen-bond donors (Lipinski definition) is 3. The number of carboxylic acid groups (broad SMARTS) is 1. The number of nitrogens with zero attached hydrogens (tertiary/aromatic N) is 1. The third-order valence-electron chi connectivity index (χ3n) is 3.48. The van der Waals surface area contributed by atoms with Crippen LogP contribution < -0.4 is 25.0 Å². The van der Waals surface area contributed by atoms with Crippen molar-refractivity contribution < 1.29 is 59.9 Å². The summed E-state index contributed by atoms with van der Waals surface area (Å²) in [6.07, 6.45) is -4.49. The quantitative estimate of drug-likeness (QED) is 0.349. The van der Waals surface area contributed by atoms with Crippen LogP contribution in [-0.4, -0.2) is 56.5 Å². The zero-order valence-electron chi connectivity index (χ0n) is 16.7. The molecule has 0 unspecified atom stereocenters. The number of quaternary nitrogens is 1. The van der Waals surface area contributed by atoms with E-state index in [2.05, 4.69) is 15.9 Å². The van der Waals surface area contributed by atoms with Gasteiger partial charge in [-0.1, -0.05) is 6.07 Å². The van der Waals surface area contributed by atoms with E-state index in [0.717, 1.165) is 6.07 Å². The number of halogens is 6. The van der Waals surface area contributed by atoms with Crippen LogP contribution in [0.5, 0.6) is 11.5 Å². The second kappa shape index (κ2) is 11.1. The Morgan fingerprint density at radius 1 is 1.21 bits per heavy atom. The van der Waals surface area contributed by atoms with Crippen molar-refractivity contribution in [2.45, 2.75) is 18.1 Å². The van der Waals surface area contributed by atoms with Crippen LogP contribution in [0.4, 0.5) is 32.2 Å². The van der Waals surface area contributed by atoms with Crippen LogP contribution in [0.3, 0.4) is 0 Å². The van der Waals surface area contributed by atoms with E-state index in [1.54, 1.807) is 18.2 Å². The van der Waals surface area contributed by atoms with Crippen molar-refractivity contribution in [1.29, 1.82) is 0 Å². The van der Waals surface area contributed by atoms with E-state index >= 15 is 0 Å². The fourth-order valence-corrected chi connectivity index (χ4v) is 2.54. The second-order valence-electron chi connectivity index (χ2n) is 5.89. The number of alkyl halides is 6. The van der Waals surface area contributed by atoms with Crippen LogP contribution in [-0.2, 0) is 14.8 Å². The van der Waals surface area contributed by atoms with Crippen molar-refractivity contribution in [3.63, 3.8) is 0 Å². The number of methoxy groups -OCH3 is 1. The number of sulfonamides is 1. The van der Waals surface area contributed by atoms with Gasteiger partial charge in [0.1, 0.15) is 17.5 Å². The molecule has 10 nitrogen and oxygen atoms in total. The van der Waals surface area contributed by atoms with E-state index in [1.165, 1.54) is 11.8 Å². The molecule has 1 aromatic heterocycles. The number of carbonyl (C=O) groups is 1. The molecule has 0 aliphatic heterocycles. The molecule has 0 aliphatic carbocycles. The minimum absolute atomic E-state index is 0.229. The van der Waals surface area contributed by atoms with Crippen molar-refractivity contribution in [2.24, 2.45) is 0 Å². The summed E-state index contributed by atoms with van der Waals surface area (Å²) in [5, 5.41) is 14.8. The molecule has 1 aromatic carbocycles. The van der Waals surface area contributed by atoms with Crippen LogP contribution in [0.25, 0.3) is 11.3 Å². The highest BCUT2D eigenvalue weighted by molar-refractivity contribution is 7.93. The normalized spacial score (nSPS) is 11.9. The third-order valence-corrected chi connectivity index (χ3v) is 4.57. The molecule has 5 N–H and O–H groups in total. The SMILES string of the molecule is COc1cccc(OCCC[NH3+])c1-c1cc(NS(=O)(=O)C(F)(F)F)n[nH]1.O=C([O-])C(F)(F)F. The average molecular weight is 508 g/mol. The molecule has 17 heteroatoms. The van der Waals surface area contributed by atoms with Crippen LogP contribution in [0.1, 0.15) is 6.42 Å². The van der Waals surface area contributed by atoms with Gasteiger partial charge in [-0.15, -0.1) is 0 Å². The fourth-order valence-electron chi connectivity index (χ4n) is 2.05. The number of rotatable bonds is 8. The Labute approximate surface area is 182 Å². The maximum absolute atomic E-state index is 12.5. The van der Waals surface area contributed by atoms with Gasteiger partial charge >= 0.3 is 21.7 Å². The number of aromatic amines is 1. The number of hydrogen-bond acceptors (Lipinski definition) is 7. The van der Waals surface area contributed by atoms with E-state index in [-0.39, 0.29) is 5.69 Å². The van der Waals surface area contributed by atoms with Gasteiger partial charge in [-0.2, -0.15) is 39.9 Å². The fraction of sp³-hybridized carbons (Fsp3) is 0.375. The Balaban J connectivity index is 0.000000675. The summed E-state index contributed by atoms with van der Waals surface area (Å²) in [5.41, 5.74) is -1.10. The van der Waals surface area contributed by atoms with Gasteiger partial charge in [0.2, 0.25) is 0 Å². The zero-order chi connectivity index (χ0) is 25.4. The standard InChI is InChI=1S/C14H17F3N4O4S.C2HF3O2/c1-24-10-4-2-5-11(25-7-3-6-18)13(10)9-8-12(20-19-9)21-26(22,23)14(15,16)17;3-2(4,5)1(6)7/h2,4-5,8H,3,6-7,18H2,1H3,(H2,19,20,21);(H,6,7). The minimum Gasteiger partial charge on any atom is -0.542 e. The van der Waals surface area contributed by atoms with E-state index in [9.17, 15) is 34.8 Å². The highest BCUT2D eigenvalue weighted by atomic mass is 32.2. The summed E-state index contributed by atoms with van der Waals surface area (Å²) in [5.74, 6) is -2.72. The molecule has 2 rings (SSSR count). The molecule has 0 radical (unpaired) electrons. The van der Waals surface area contributed by atoms with Crippen molar-refractivity contribution in [2.75, 3.05) is 25.0 Å². The Morgan fingerprint density at radius 3 is 2.27 bits per heavy atom. The van der Waals surface area contributed by atoms with Crippen LogP contribution in [0.15, 0.2) is 24.3 Å². The number of aromatic nitrogens is 2. The highest BCUT2D eigenvalue weighted by Gasteiger charge is 2.46. The first-order valence-electron chi connectivity index (χ1n) is 8.66. The summed E-state index contributed by atoms with van der Waals surface area (Å²) in [6, 6.07) is 6.09. The number of benzene rings is 1. The molecule has 0 aliphatic rings. The summed E-state index contributed by atoms with van der Waals surface area (Å²) < 4.78 is 104. The number of aliphatic carboxylic acids is 1. The monoisotopic (exact) mass is 508 g/mol. The van der Waals surface area contributed by atoms with Gasteiger partial charge in [-0.05, 0) is 12.1 Å². The molecular weight excluding hydrogens is 490 g/mol. The summed E-state index contributed by atoms with van der Waals surface area (Å²) in [7, 11) is -4.15. The molecule has 186 valence electrons. The topological polar surface area (TPSA) is 161 Å². The first kappa shape index (κ1) is 27.8. The van der Waals surface area contributed by atoms with Crippen LogP contribution >= 0.6 is 0 Å². The largest absolute Gasteiger partial charge is 0.542 e. The maximum Gasteiger partial charge on any atom is 0.516 e. The van der Waals surface area contributed by atoms with Gasteiger partial charge in [-0.3, -0.25) is 9.82 Å². The number of ether oxygens (including phenoxy) is 2. The van der Waals surface area contributed by atoms with Crippen molar-refractivity contribution in [1.82, 2.24) is 10.2 Å². The second-order valence-corrected chi connectivity index (χ2v) is 7.57. The van der Waals surface area contributed by atoms with Gasteiger partial charge in [0.15, 0.2) is 5.82 Å². The Morgan fingerprint density at radius 2 is 1.79 bits per heavy atom. The molecular formula is C16H18F6N4O6S. The first-order valence-corrected chi connectivity index (χ1v) is 10.1. The number of nitrogens with one attached hydrogen (secondary N) is 2. The van der Waals surface area contributed by atoms with Gasteiger partial charge in [0, 0.05) is 12.5 Å². The van der Waals surface area contributed by atoms with E-state index in [4.69, 9.17) is 19.4 Å². The lowest BCUT2D eigenvalue weighted by molar-refractivity contribution is -0.368. The smallest absolute Gasteiger partial charge is 0.516 e. The lowest BCUT2D eigenvalue weighted by Crippen LogP contribution is -2.50. The minimum atomic E-state index is -5.56. The predicted molar refractivity (Wildman–Crippen MR) is 98.1 cm³/mol. The molecule has 0 spiro atoms. The Bertz CT molecular complexity index is 1040. The number of carboxylic acids is 1. The summed E-state index contributed by atoms with van der Waals surface area (Å²) >= 11 is 0. The van der Waals surface area contributed by atoms with Gasteiger partial charge in [-0.25, -0.2) is 0 Å². The number of anilines is 1. The molecule has 0 atom stereocenters. The van der Waals surface area contributed by atoms with Crippen molar-refractivity contribution >= 4 is 21.8 Å². The molecule has 0 amide bonds. The summed E-state index contributed by atoms with van der Waals surface area (Å²) in [4.78, 5) is 8.78. The van der Waals surface area contributed by atoms with Crippen LogP contribution in [0.2, 0.25) is 0 Å². The molecule has 0 saturated carbocycles. The van der Waals surface area contributed by atoms with Gasteiger partial charge < -0.3 is 25.1 Å². The molecule has 0 saturated heterocycles. The van der Waals surface area contributed by atoms with E-state index < -0.39 is 33.5 Å². The number of carbonyl (C=O) groups excluding carboxylic acids is 1. The molecule has 2 aromatic rings. The molecule has 0 fully saturated rings. The van der Waals surface area contributed by atoms with Crippen LogP contribution in [0, 0.1) is 0 Å². The Kier molecular flexibility index (Phi) is 9.34. The van der Waals surface area contributed by atoms with Crippen molar-refractivity contribution in [3.05, 3.63) is 24.3 Å². The van der Waals surface area contributed by atoms with E-state index in [0.29, 0.717) is 36.6 Å². The molecule has 1 heterocycles. The lowest BCUT2D eigenvalue weighted by Gasteiger charge is -2.13. The van der Waals surface area contributed by atoms with Gasteiger partial charge in [0.05, 0.1) is 31.5 Å². The van der Waals surface area contributed by atoms with Gasteiger partial charge in [0.25, 0.3) is 0 Å². The number of H-pyrrole nitrogens is 1. The highest BCUT2D eigenvalue weighted by Crippen LogP contribution is 2.38. The molecule has 33 heavy (non-hydrogen) atoms. The third kappa shape index (κ3) is 8.01. The summed E-state index contributed by atoms with van der Waals surface area (Å²) in [6.45, 7) is 1.05. The Hall–Kier alpha value is -3.21.